The quantitative estimate of drug-likeness (QED) is 0.139. The van der Waals surface area contributed by atoms with Crippen molar-refractivity contribution in [1.29, 1.82) is 0 Å². The van der Waals surface area contributed by atoms with Crippen LogP contribution in [0.4, 0.5) is 0 Å². The standard InChI is InChI=1S/C18H22N3O17P3/c1-33-9-2-3-12-10(6-9)11(19-36-12)7-21-14(22)4-5-20(18(21)25)17-16(24)15(23)13(35-17)8-34-40(29,30)38-41(31,32)37-39(26,27)28/h2-6,13,15-17,23-24H,7-8H2,1H3,(H,29,30)(H,31,32)(H2,26,27,28)/t13-,15+,16?,17-/m1/s1. The number of hydrogen-bond donors (Lipinski definition) is 6. The van der Waals surface area contributed by atoms with Crippen LogP contribution in [0.15, 0.2) is 44.6 Å². The van der Waals surface area contributed by atoms with Crippen molar-refractivity contribution < 1.29 is 70.6 Å². The van der Waals surface area contributed by atoms with E-state index < -0.39 is 65.9 Å². The molecule has 1 aliphatic heterocycles. The number of nitrogens with zero attached hydrogens (tertiary/aromatic N) is 3. The number of aliphatic hydroxyl groups excluding tert-OH is 2. The van der Waals surface area contributed by atoms with Crippen LogP contribution in [0.25, 0.3) is 11.0 Å². The maximum atomic E-state index is 13.2. The Hall–Kier alpha value is -2.54. The van der Waals surface area contributed by atoms with E-state index in [2.05, 4.69) is 18.3 Å². The molecule has 0 bridgehead atoms. The summed E-state index contributed by atoms with van der Waals surface area (Å²) in [7, 11) is -15.5. The van der Waals surface area contributed by atoms with E-state index >= 15 is 0 Å². The maximum absolute atomic E-state index is 13.2. The van der Waals surface area contributed by atoms with Crippen molar-refractivity contribution in [2.45, 2.75) is 31.1 Å². The zero-order chi connectivity index (χ0) is 30.3. The SMILES string of the molecule is COc1ccc2onc(Cn3c(=O)ccn([C@@H]4O[C@H](COP(=O)(O)OP(=O)(O)OP(=O)(O)O)[C@H](O)C4O)c3=O)c2c1. The fraction of sp³-hybridized carbons (Fsp3) is 0.389. The van der Waals surface area contributed by atoms with Gasteiger partial charge in [0.2, 0.25) is 0 Å². The summed E-state index contributed by atoms with van der Waals surface area (Å²) in [6.45, 7) is -1.47. The lowest BCUT2D eigenvalue weighted by Gasteiger charge is -2.19. The number of aromatic nitrogens is 3. The fourth-order valence-electron chi connectivity index (χ4n) is 3.80. The molecule has 2 aromatic heterocycles. The molecule has 4 rings (SSSR count). The molecule has 23 heteroatoms. The topological polar surface area (TPSA) is 289 Å². The van der Waals surface area contributed by atoms with Crippen molar-refractivity contribution in [3.63, 3.8) is 0 Å². The first-order valence-electron chi connectivity index (χ1n) is 11.0. The van der Waals surface area contributed by atoms with Gasteiger partial charge in [0.1, 0.15) is 29.8 Å². The molecule has 6 N–H and O–H groups in total. The molecule has 0 aliphatic carbocycles. The van der Waals surface area contributed by atoms with Crippen LogP contribution in [0, 0.1) is 0 Å². The van der Waals surface area contributed by atoms with E-state index in [4.69, 9.17) is 23.8 Å². The van der Waals surface area contributed by atoms with E-state index in [9.17, 15) is 43.3 Å². The number of methoxy groups -OCH3 is 1. The second kappa shape index (κ2) is 11.6. The van der Waals surface area contributed by atoms with Crippen LogP contribution >= 0.6 is 23.5 Å². The van der Waals surface area contributed by atoms with Gasteiger partial charge in [-0.1, -0.05) is 5.16 Å². The Labute approximate surface area is 227 Å². The molecule has 226 valence electrons. The Morgan fingerprint density at radius 3 is 2.37 bits per heavy atom. The van der Waals surface area contributed by atoms with Crippen LogP contribution in [-0.4, -0.2) is 76.1 Å². The Kier molecular flexibility index (Phi) is 8.90. The van der Waals surface area contributed by atoms with Gasteiger partial charge in [-0.25, -0.2) is 18.5 Å². The van der Waals surface area contributed by atoms with Crippen molar-refractivity contribution in [3.8, 4) is 5.75 Å². The second-order valence-electron chi connectivity index (χ2n) is 8.35. The molecular formula is C18H22N3O17P3. The van der Waals surface area contributed by atoms with Crippen molar-refractivity contribution in [3.05, 3.63) is 57.0 Å². The van der Waals surface area contributed by atoms with Crippen LogP contribution in [-0.2, 0) is 38.1 Å². The predicted molar refractivity (Wildman–Crippen MR) is 130 cm³/mol. The van der Waals surface area contributed by atoms with Crippen LogP contribution in [0.3, 0.4) is 0 Å². The summed E-state index contributed by atoms with van der Waals surface area (Å²) in [5, 5.41) is 25.2. The number of hydrogen-bond acceptors (Lipinski definition) is 14. The molecule has 0 spiro atoms. The highest BCUT2D eigenvalue weighted by molar-refractivity contribution is 7.66. The van der Waals surface area contributed by atoms with Crippen molar-refractivity contribution in [2.75, 3.05) is 13.7 Å². The average molecular weight is 645 g/mol. The molecule has 41 heavy (non-hydrogen) atoms. The summed E-state index contributed by atoms with van der Waals surface area (Å²) in [4.78, 5) is 61.7. The third-order valence-corrected chi connectivity index (χ3v) is 9.39. The van der Waals surface area contributed by atoms with Crippen LogP contribution < -0.4 is 16.0 Å². The number of rotatable bonds is 11. The maximum Gasteiger partial charge on any atom is 0.490 e. The molecule has 1 saturated heterocycles. The van der Waals surface area contributed by atoms with Gasteiger partial charge in [-0.2, -0.15) is 8.62 Å². The second-order valence-corrected chi connectivity index (χ2v) is 12.8. The molecule has 6 atom stereocenters. The lowest BCUT2D eigenvalue weighted by molar-refractivity contribution is -0.0547. The zero-order valence-electron chi connectivity index (χ0n) is 20.5. The smallest absolute Gasteiger partial charge is 0.490 e. The zero-order valence-corrected chi connectivity index (χ0v) is 23.2. The number of phosphoric acid groups is 3. The molecule has 1 aliphatic rings. The minimum atomic E-state index is -5.80. The number of fused-ring (bicyclic) bond motifs is 1. The highest BCUT2D eigenvalue weighted by Crippen LogP contribution is 2.66. The highest BCUT2D eigenvalue weighted by atomic mass is 31.3. The third-order valence-electron chi connectivity index (χ3n) is 5.58. The molecule has 0 saturated carbocycles. The lowest BCUT2D eigenvalue weighted by Crippen LogP contribution is -2.43. The monoisotopic (exact) mass is 645 g/mol. The molecule has 20 nitrogen and oxygen atoms in total. The summed E-state index contributed by atoms with van der Waals surface area (Å²) in [5.74, 6) is 0.457. The molecule has 3 heterocycles. The van der Waals surface area contributed by atoms with Gasteiger partial charge in [0.25, 0.3) is 5.56 Å². The van der Waals surface area contributed by atoms with Gasteiger partial charge in [0.05, 0.1) is 25.6 Å². The van der Waals surface area contributed by atoms with Gasteiger partial charge < -0.3 is 43.8 Å². The number of ether oxygens (including phenoxy) is 2. The fourth-order valence-corrected chi connectivity index (χ4v) is 6.83. The van der Waals surface area contributed by atoms with Crippen LogP contribution in [0.2, 0.25) is 0 Å². The normalized spacial score (nSPS) is 24.3. The van der Waals surface area contributed by atoms with E-state index in [1.165, 1.54) is 7.11 Å². The summed E-state index contributed by atoms with van der Waals surface area (Å²) >= 11 is 0. The molecule has 0 amide bonds. The number of benzene rings is 1. The molecule has 3 aromatic rings. The predicted octanol–water partition coefficient (Wildman–Crippen LogP) is -0.829. The molecular weight excluding hydrogens is 623 g/mol. The Morgan fingerprint density at radius 2 is 1.71 bits per heavy atom. The first-order valence-corrected chi connectivity index (χ1v) is 15.6. The molecule has 0 radical (unpaired) electrons. The van der Waals surface area contributed by atoms with E-state index in [0.29, 0.717) is 16.7 Å². The molecule has 1 fully saturated rings. The van der Waals surface area contributed by atoms with Crippen LogP contribution in [0.5, 0.6) is 5.75 Å². The van der Waals surface area contributed by atoms with Gasteiger partial charge in [0, 0.05) is 12.3 Å². The lowest BCUT2D eigenvalue weighted by atomic mass is 10.1. The van der Waals surface area contributed by atoms with Crippen LogP contribution in [0.1, 0.15) is 11.9 Å². The van der Waals surface area contributed by atoms with Crippen molar-refractivity contribution >= 4 is 34.4 Å². The Balaban J connectivity index is 1.52. The van der Waals surface area contributed by atoms with E-state index in [1.807, 2.05) is 0 Å². The van der Waals surface area contributed by atoms with Crippen molar-refractivity contribution in [1.82, 2.24) is 14.3 Å². The first-order chi connectivity index (χ1) is 19.0. The molecule has 3 unspecified atom stereocenters. The Bertz CT molecular complexity index is 1690. The van der Waals surface area contributed by atoms with Gasteiger partial charge >= 0.3 is 29.2 Å². The summed E-state index contributed by atoms with van der Waals surface area (Å²) < 4.78 is 63.0. The van der Waals surface area contributed by atoms with E-state index in [-0.39, 0.29) is 12.2 Å². The van der Waals surface area contributed by atoms with E-state index in [1.54, 1.807) is 18.2 Å². The number of phosphoric ester groups is 1. The Morgan fingerprint density at radius 1 is 1.00 bits per heavy atom. The number of aliphatic hydroxyl groups is 2. The summed E-state index contributed by atoms with van der Waals surface area (Å²) in [5.41, 5.74) is -1.23. The van der Waals surface area contributed by atoms with Gasteiger partial charge in [-0.05, 0) is 18.2 Å². The minimum absolute atomic E-state index is 0.192. The van der Waals surface area contributed by atoms with Gasteiger partial charge in [-0.15, -0.1) is 0 Å². The minimum Gasteiger partial charge on any atom is -0.497 e. The van der Waals surface area contributed by atoms with Crippen molar-refractivity contribution in [2.24, 2.45) is 0 Å². The van der Waals surface area contributed by atoms with Gasteiger partial charge in [-0.3, -0.25) is 18.5 Å². The van der Waals surface area contributed by atoms with Gasteiger partial charge in [0.15, 0.2) is 11.8 Å². The third kappa shape index (κ3) is 7.28. The summed E-state index contributed by atoms with van der Waals surface area (Å²) in [6, 6.07) is 5.73. The average Bonchev–Trinajstić information content (AvgIpc) is 3.38. The first kappa shape index (κ1) is 31.4. The molecule has 1 aromatic carbocycles. The largest absolute Gasteiger partial charge is 0.497 e. The summed E-state index contributed by atoms with van der Waals surface area (Å²) in [6.07, 6.45) is -6.07. The van der Waals surface area contributed by atoms with E-state index in [0.717, 1.165) is 21.4 Å². The highest BCUT2D eigenvalue weighted by Gasteiger charge is 2.47.